The van der Waals surface area contributed by atoms with Gasteiger partial charge in [-0.2, -0.15) is 0 Å². The van der Waals surface area contributed by atoms with Crippen LogP contribution in [0.25, 0.3) is 0 Å². The number of halogens is 1. The summed E-state index contributed by atoms with van der Waals surface area (Å²) in [5.74, 6) is 0.760. The van der Waals surface area contributed by atoms with E-state index in [1.165, 1.54) is 17.5 Å². The number of benzene rings is 2. The number of hydrogen-bond acceptors (Lipinski definition) is 6. The molecule has 4 rings (SSSR count). The largest absolute Gasteiger partial charge is 0.489 e. The van der Waals surface area contributed by atoms with Crippen LogP contribution in [0.1, 0.15) is 32.3 Å². The fraction of sp³-hybridized carbons (Fsp3) is 0.348. The number of likely N-dealkylation sites (tertiary alicyclic amines) is 1. The van der Waals surface area contributed by atoms with Crippen LogP contribution >= 0.6 is 34.9 Å². The molecular weight excluding hydrogens is 434 g/mol. The van der Waals surface area contributed by atoms with E-state index in [4.69, 9.17) is 16.3 Å². The van der Waals surface area contributed by atoms with Crippen LogP contribution in [0.2, 0.25) is 5.02 Å². The maximum absolute atomic E-state index is 6.50. The van der Waals surface area contributed by atoms with Gasteiger partial charge >= 0.3 is 0 Å². The summed E-state index contributed by atoms with van der Waals surface area (Å²) in [6.45, 7) is 6.62. The Kier molecular flexibility index (Phi) is 6.88. The summed E-state index contributed by atoms with van der Waals surface area (Å²) in [5, 5.41) is 3.47. The Morgan fingerprint density at radius 3 is 2.60 bits per heavy atom. The number of piperidine rings is 1. The highest BCUT2D eigenvalue weighted by Gasteiger charge is 2.32. The average Bonchev–Trinajstić information content (AvgIpc) is 3.29. The van der Waals surface area contributed by atoms with Gasteiger partial charge in [-0.15, -0.1) is 11.3 Å². The molecule has 0 saturated carbocycles. The summed E-state index contributed by atoms with van der Waals surface area (Å²) in [6, 6.07) is 16.7. The van der Waals surface area contributed by atoms with Gasteiger partial charge in [-0.3, -0.25) is 4.90 Å². The molecule has 1 aromatic heterocycles. The van der Waals surface area contributed by atoms with E-state index in [0.717, 1.165) is 41.7 Å². The first-order valence-corrected chi connectivity index (χ1v) is 12.2. The van der Waals surface area contributed by atoms with Crippen molar-refractivity contribution in [1.82, 2.24) is 9.88 Å². The Bertz CT molecular complexity index is 942. The molecule has 2 heterocycles. The molecule has 2 aromatic carbocycles. The molecule has 0 spiro atoms. The number of rotatable bonds is 7. The second-order valence-corrected chi connectivity index (χ2v) is 10.0. The Hall–Kier alpha value is -1.73. The summed E-state index contributed by atoms with van der Waals surface area (Å²) >= 11 is 9.57. The molecule has 1 N–H and O–H groups in total. The monoisotopic (exact) mass is 459 g/mol. The second-order valence-electron chi connectivity index (χ2n) is 7.86. The van der Waals surface area contributed by atoms with Crippen molar-refractivity contribution in [2.24, 2.45) is 0 Å². The molecule has 0 radical (unpaired) electrons. The van der Waals surface area contributed by atoms with Gasteiger partial charge in [0.25, 0.3) is 0 Å². The van der Waals surface area contributed by atoms with Gasteiger partial charge in [-0.1, -0.05) is 41.9 Å². The number of nitrogens with one attached hydrogen (secondary N) is 1. The predicted molar refractivity (Wildman–Crippen MR) is 128 cm³/mol. The third kappa shape index (κ3) is 5.11. The highest BCUT2D eigenvalue weighted by atomic mass is 35.5. The van der Waals surface area contributed by atoms with Crippen molar-refractivity contribution < 1.29 is 4.74 Å². The lowest BCUT2D eigenvalue weighted by molar-refractivity contribution is 0.0392. The second kappa shape index (κ2) is 9.60. The van der Waals surface area contributed by atoms with Crippen LogP contribution in [0.3, 0.4) is 0 Å². The number of ether oxygens (including phenoxy) is 1. The Morgan fingerprint density at radius 2 is 1.93 bits per heavy atom. The molecule has 7 heteroatoms. The topological polar surface area (TPSA) is 37.4 Å². The van der Waals surface area contributed by atoms with E-state index in [1.54, 1.807) is 17.5 Å². The lowest BCUT2D eigenvalue weighted by Gasteiger charge is -2.43. The highest BCUT2D eigenvalue weighted by Crippen LogP contribution is 2.34. The summed E-state index contributed by atoms with van der Waals surface area (Å²) in [6.07, 6.45) is 3.96. The zero-order chi connectivity index (χ0) is 21.0. The van der Waals surface area contributed by atoms with Crippen molar-refractivity contribution in [2.75, 3.05) is 17.8 Å². The smallest absolute Gasteiger partial charge is 0.192 e. The summed E-state index contributed by atoms with van der Waals surface area (Å²) in [4.78, 5) is 7.80. The SMILES string of the molecule is CC(C)(c1ccccc1)N1CCC(Oc2ccc(SNc3nccs3)cc2Cl)CC1. The zero-order valence-corrected chi connectivity index (χ0v) is 19.6. The van der Waals surface area contributed by atoms with Gasteiger partial charge < -0.3 is 9.46 Å². The summed E-state index contributed by atoms with van der Waals surface area (Å²) < 4.78 is 9.48. The molecule has 4 nitrogen and oxygen atoms in total. The Balaban J connectivity index is 1.31. The predicted octanol–water partition coefficient (Wildman–Crippen LogP) is 6.69. The van der Waals surface area contributed by atoms with Gasteiger partial charge in [0, 0.05) is 35.1 Å². The molecule has 0 amide bonds. The van der Waals surface area contributed by atoms with E-state index in [-0.39, 0.29) is 11.6 Å². The average molecular weight is 460 g/mol. The van der Waals surface area contributed by atoms with Gasteiger partial charge in [-0.25, -0.2) is 4.98 Å². The molecule has 1 fully saturated rings. The quantitative estimate of drug-likeness (QED) is 0.398. The van der Waals surface area contributed by atoms with Crippen LogP contribution in [0.5, 0.6) is 5.75 Å². The highest BCUT2D eigenvalue weighted by molar-refractivity contribution is 8.00. The van der Waals surface area contributed by atoms with Crippen molar-refractivity contribution in [2.45, 2.75) is 43.2 Å². The van der Waals surface area contributed by atoms with Crippen LogP contribution in [0.15, 0.2) is 65.0 Å². The van der Waals surface area contributed by atoms with Crippen molar-refractivity contribution in [3.05, 3.63) is 70.7 Å². The third-order valence-electron chi connectivity index (χ3n) is 5.60. The molecule has 30 heavy (non-hydrogen) atoms. The number of hydrogen-bond donors (Lipinski definition) is 1. The lowest BCUT2D eigenvalue weighted by atomic mass is 9.90. The molecule has 0 bridgehead atoms. The molecule has 158 valence electrons. The number of thiazole rings is 1. The van der Waals surface area contributed by atoms with Crippen molar-refractivity contribution in [1.29, 1.82) is 0 Å². The van der Waals surface area contributed by atoms with Gasteiger partial charge in [0.15, 0.2) is 5.13 Å². The zero-order valence-electron chi connectivity index (χ0n) is 17.2. The fourth-order valence-corrected chi connectivity index (χ4v) is 5.31. The summed E-state index contributed by atoms with van der Waals surface area (Å²) in [5.41, 5.74) is 1.37. The maximum atomic E-state index is 6.50. The minimum absolute atomic E-state index is 0.0210. The molecule has 3 aromatic rings. The van der Waals surface area contributed by atoms with Gasteiger partial charge in [0.05, 0.1) is 5.02 Å². The standard InChI is InChI=1S/C23H26ClN3OS2/c1-23(2,17-6-4-3-5-7-17)27-13-10-18(11-14-27)28-21-9-8-19(16-20(21)24)30-26-22-25-12-15-29-22/h3-9,12,15-16,18H,10-11,13-14H2,1-2H3,(H,25,26). The van der Waals surface area contributed by atoms with Crippen molar-refractivity contribution in [3.8, 4) is 5.75 Å². The fourth-order valence-electron chi connectivity index (χ4n) is 3.76. The van der Waals surface area contributed by atoms with Gasteiger partial charge in [-0.05, 0) is 62.4 Å². The van der Waals surface area contributed by atoms with E-state index in [2.05, 4.69) is 58.8 Å². The van der Waals surface area contributed by atoms with Gasteiger partial charge in [0.1, 0.15) is 11.9 Å². The lowest BCUT2D eigenvalue weighted by Crippen LogP contribution is -2.48. The molecular formula is C23H26ClN3OS2. The molecule has 0 unspecified atom stereocenters. The number of aromatic nitrogens is 1. The van der Waals surface area contributed by atoms with Crippen LogP contribution in [0, 0.1) is 0 Å². The van der Waals surface area contributed by atoms with Crippen molar-refractivity contribution >= 4 is 40.0 Å². The van der Waals surface area contributed by atoms with Crippen LogP contribution in [-0.2, 0) is 5.54 Å². The van der Waals surface area contributed by atoms with E-state index in [1.807, 2.05) is 23.6 Å². The third-order valence-corrected chi connectivity index (χ3v) is 7.50. The maximum Gasteiger partial charge on any atom is 0.192 e. The number of anilines is 1. The van der Waals surface area contributed by atoms with Crippen LogP contribution in [0.4, 0.5) is 5.13 Å². The van der Waals surface area contributed by atoms with E-state index in [0.29, 0.717) is 5.02 Å². The molecule has 1 aliphatic heterocycles. The minimum Gasteiger partial charge on any atom is -0.489 e. The Labute approximate surface area is 191 Å². The van der Waals surface area contributed by atoms with Crippen LogP contribution < -0.4 is 9.46 Å². The normalized spacial score (nSPS) is 15.8. The first-order chi connectivity index (χ1) is 14.5. The van der Waals surface area contributed by atoms with Crippen LogP contribution in [-0.4, -0.2) is 29.1 Å². The molecule has 0 atom stereocenters. The van der Waals surface area contributed by atoms with Gasteiger partial charge in [0.2, 0.25) is 0 Å². The Morgan fingerprint density at radius 1 is 1.17 bits per heavy atom. The first-order valence-electron chi connectivity index (χ1n) is 10.1. The molecule has 1 aliphatic rings. The van der Waals surface area contributed by atoms with Crippen molar-refractivity contribution in [3.63, 3.8) is 0 Å². The van der Waals surface area contributed by atoms with E-state index < -0.39 is 0 Å². The number of nitrogens with zero attached hydrogens (tertiary/aromatic N) is 2. The summed E-state index contributed by atoms with van der Waals surface area (Å²) in [7, 11) is 0. The first kappa shape index (κ1) is 21.5. The molecule has 1 saturated heterocycles. The minimum atomic E-state index is 0.0210. The molecule has 0 aliphatic carbocycles. The van der Waals surface area contributed by atoms with E-state index in [9.17, 15) is 0 Å². The van der Waals surface area contributed by atoms with E-state index >= 15 is 0 Å².